The molecule has 2 heterocycles. The third-order valence-electron chi connectivity index (χ3n) is 4.64. The molecule has 0 atom stereocenters. The number of nitrogens with zero attached hydrogens (tertiary/aromatic N) is 3. The number of hydrogen-bond donors (Lipinski definition) is 1. The molecule has 0 aliphatic rings. The molecule has 0 unspecified atom stereocenters. The van der Waals surface area contributed by atoms with Crippen molar-refractivity contribution in [3.63, 3.8) is 0 Å². The normalized spacial score (nSPS) is 11.0. The Labute approximate surface area is 189 Å². The zero-order chi connectivity index (χ0) is 22.5. The highest BCUT2D eigenvalue weighted by atomic mass is 32.1. The first-order chi connectivity index (χ1) is 15.6. The van der Waals surface area contributed by atoms with Gasteiger partial charge in [-0.15, -0.1) is 11.3 Å². The maximum absolute atomic E-state index is 5.43. The van der Waals surface area contributed by atoms with E-state index in [1.54, 1.807) is 52.2 Å². The van der Waals surface area contributed by atoms with Crippen LogP contribution in [0.15, 0.2) is 53.7 Å². The van der Waals surface area contributed by atoms with E-state index in [0.29, 0.717) is 28.8 Å². The molecule has 4 aromatic rings. The van der Waals surface area contributed by atoms with Gasteiger partial charge >= 0.3 is 0 Å². The average Bonchev–Trinajstić information content (AvgIpc) is 3.24. The molecule has 32 heavy (non-hydrogen) atoms. The van der Waals surface area contributed by atoms with E-state index in [1.807, 2.05) is 42.5 Å². The molecule has 0 radical (unpaired) electrons. The summed E-state index contributed by atoms with van der Waals surface area (Å²) >= 11 is 1.54. The first-order valence-electron chi connectivity index (χ1n) is 9.66. The predicted octanol–water partition coefficient (Wildman–Crippen LogP) is 5.22. The van der Waals surface area contributed by atoms with Crippen LogP contribution in [0.4, 0.5) is 17.2 Å². The summed E-state index contributed by atoms with van der Waals surface area (Å²) in [6.07, 6.45) is 3.43. The smallest absolute Gasteiger partial charge is 0.203 e. The minimum atomic E-state index is 0.521. The van der Waals surface area contributed by atoms with Gasteiger partial charge in [-0.25, -0.2) is 15.0 Å². The van der Waals surface area contributed by atoms with E-state index in [-0.39, 0.29) is 0 Å². The fourth-order valence-corrected chi connectivity index (χ4v) is 3.99. The maximum Gasteiger partial charge on any atom is 0.203 e. The standard InChI is InChI=1S/C23H22N4O4S/c1-28-15-7-8-16-20(12-15)32-21(27-16)13-25-17-6-5-9-24-23(17)26-14-10-18(29-2)22(31-4)19(11-14)30-3/h5-13H,1-4H3,(H,24,26). The minimum Gasteiger partial charge on any atom is -0.497 e. The van der Waals surface area contributed by atoms with Crippen LogP contribution in [-0.4, -0.2) is 44.6 Å². The molecule has 9 heteroatoms. The lowest BCUT2D eigenvalue weighted by Gasteiger charge is -2.15. The van der Waals surface area contributed by atoms with Gasteiger partial charge in [-0.3, -0.25) is 0 Å². The molecule has 0 bridgehead atoms. The van der Waals surface area contributed by atoms with Crippen LogP contribution in [0.1, 0.15) is 5.01 Å². The van der Waals surface area contributed by atoms with Crippen molar-refractivity contribution >= 4 is 45.0 Å². The molecule has 2 aromatic heterocycles. The number of ether oxygens (including phenoxy) is 4. The highest BCUT2D eigenvalue weighted by Gasteiger charge is 2.14. The van der Waals surface area contributed by atoms with Gasteiger partial charge in [-0.05, 0) is 30.3 Å². The van der Waals surface area contributed by atoms with Crippen LogP contribution in [0.25, 0.3) is 10.2 Å². The number of pyridine rings is 1. The summed E-state index contributed by atoms with van der Waals surface area (Å²) < 4.78 is 22.6. The fraction of sp³-hybridized carbons (Fsp3) is 0.174. The van der Waals surface area contributed by atoms with Crippen LogP contribution in [-0.2, 0) is 0 Å². The molecule has 0 saturated heterocycles. The molecule has 0 saturated carbocycles. The van der Waals surface area contributed by atoms with Crippen molar-refractivity contribution in [2.45, 2.75) is 0 Å². The number of aliphatic imine (C=N–C) groups is 1. The number of nitrogens with one attached hydrogen (secondary N) is 1. The van der Waals surface area contributed by atoms with Crippen LogP contribution < -0.4 is 24.3 Å². The summed E-state index contributed by atoms with van der Waals surface area (Å²) in [5.41, 5.74) is 2.29. The topological polar surface area (TPSA) is 87.1 Å². The molecule has 2 aromatic carbocycles. The van der Waals surface area contributed by atoms with E-state index in [0.717, 1.165) is 26.7 Å². The van der Waals surface area contributed by atoms with Gasteiger partial charge in [0.15, 0.2) is 17.3 Å². The molecule has 4 rings (SSSR count). The van der Waals surface area contributed by atoms with Crippen molar-refractivity contribution in [1.29, 1.82) is 0 Å². The molecule has 0 amide bonds. The largest absolute Gasteiger partial charge is 0.497 e. The summed E-state index contributed by atoms with van der Waals surface area (Å²) in [6.45, 7) is 0. The second-order valence-corrected chi connectivity index (χ2v) is 7.62. The molecular weight excluding hydrogens is 428 g/mol. The summed E-state index contributed by atoms with van der Waals surface area (Å²) in [6, 6.07) is 13.1. The second kappa shape index (κ2) is 9.52. The number of anilines is 2. The highest BCUT2D eigenvalue weighted by Crippen LogP contribution is 2.41. The van der Waals surface area contributed by atoms with E-state index in [1.165, 1.54) is 0 Å². The van der Waals surface area contributed by atoms with E-state index in [9.17, 15) is 0 Å². The molecular formula is C23H22N4O4S. The number of rotatable bonds is 8. The van der Waals surface area contributed by atoms with Crippen LogP contribution in [0.5, 0.6) is 23.0 Å². The van der Waals surface area contributed by atoms with Crippen LogP contribution in [0.3, 0.4) is 0 Å². The van der Waals surface area contributed by atoms with Crippen molar-refractivity contribution in [3.05, 3.63) is 53.7 Å². The summed E-state index contributed by atoms with van der Waals surface area (Å²) in [5.74, 6) is 2.99. The van der Waals surface area contributed by atoms with E-state index in [4.69, 9.17) is 18.9 Å². The Balaban J connectivity index is 1.62. The molecule has 0 aliphatic carbocycles. The second-order valence-electron chi connectivity index (χ2n) is 6.55. The van der Waals surface area contributed by atoms with Gasteiger partial charge in [0.25, 0.3) is 0 Å². The lowest BCUT2D eigenvalue weighted by atomic mass is 10.2. The Morgan fingerprint density at radius 2 is 1.72 bits per heavy atom. The van der Waals surface area contributed by atoms with Gasteiger partial charge in [0.05, 0.1) is 44.9 Å². The third-order valence-corrected chi connectivity index (χ3v) is 5.59. The van der Waals surface area contributed by atoms with Gasteiger partial charge in [-0.2, -0.15) is 0 Å². The zero-order valence-corrected chi connectivity index (χ0v) is 18.9. The molecule has 8 nitrogen and oxygen atoms in total. The summed E-state index contributed by atoms with van der Waals surface area (Å²) in [4.78, 5) is 13.6. The number of fused-ring (bicyclic) bond motifs is 1. The van der Waals surface area contributed by atoms with Crippen molar-refractivity contribution in [2.75, 3.05) is 33.8 Å². The SMILES string of the molecule is COc1ccc2nc(C=Nc3cccnc3Nc3cc(OC)c(OC)c(OC)c3)sc2c1. The Morgan fingerprint density at radius 1 is 0.938 bits per heavy atom. The van der Waals surface area contributed by atoms with Crippen molar-refractivity contribution in [3.8, 4) is 23.0 Å². The number of hydrogen-bond acceptors (Lipinski definition) is 9. The van der Waals surface area contributed by atoms with E-state index >= 15 is 0 Å². The third kappa shape index (κ3) is 4.42. The molecule has 164 valence electrons. The lowest BCUT2D eigenvalue weighted by molar-refractivity contribution is 0.324. The van der Waals surface area contributed by atoms with Gasteiger partial charge in [0.2, 0.25) is 5.75 Å². The Kier molecular flexibility index (Phi) is 6.37. The molecule has 0 fully saturated rings. The van der Waals surface area contributed by atoms with Crippen molar-refractivity contribution in [2.24, 2.45) is 4.99 Å². The zero-order valence-electron chi connectivity index (χ0n) is 18.1. The number of aromatic nitrogens is 2. The van der Waals surface area contributed by atoms with Gasteiger partial charge in [-0.1, -0.05) is 0 Å². The Hall–Kier alpha value is -3.85. The average molecular weight is 451 g/mol. The molecule has 1 N–H and O–H groups in total. The monoisotopic (exact) mass is 450 g/mol. The van der Waals surface area contributed by atoms with Gasteiger partial charge in [0, 0.05) is 24.0 Å². The van der Waals surface area contributed by atoms with Crippen LogP contribution in [0, 0.1) is 0 Å². The first kappa shape index (κ1) is 21.4. The van der Waals surface area contributed by atoms with Crippen LogP contribution >= 0.6 is 11.3 Å². The lowest BCUT2D eigenvalue weighted by Crippen LogP contribution is -1.99. The van der Waals surface area contributed by atoms with Crippen LogP contribution in [0.2, 0.25) is 0 Å². The number of benzene rings is 2. The predicted molar refractivity (Wildman–Crippen MR) is 127 cm³/mol. The van der Waals surface area contributed by atoms with E-state index in [2.05, 4.69) is 20.3 Å². The maximum atomic E-state index is 5.43. The van der Waals surface area contributed by atoms with Crippen molar-refractivity contribution in [1.82, 2.24) is 9.97 Å². The molecule has 0 spiro atoms. The highest BCUT2D eigenvalue weighted by molar-refractivity contribution is 7.20. The quantitative estimate of drug-likeness (QED) is 0.368. The summed E-state index contributed by atoms with van der Waals surface area (Å²) in [7, 11) is 6.36. The van der Waals surface area contributed by atoms with Gasteiger partial charge < -0.3 is 24.3 Å². The first-order valence-corrected chi connectivity index (χ1v) is 10.5. The number of thiazole rings is 1. The van der Waals surface area contributed by atoms with Crippen molar-refractivity contribution < 1.29 is 18.9 Å². The van der Waals surface area contributed by atoms with Gasteiger partial charge in [0.1, 0.15) is 16.4 Å². The summed E-state index contributed by atoms with van der Waals surface area (Å²) in [5, 5.41) is 4.07. The molecule has 0 aliphatic heterocycles. The Bertz CT molecular complexity index is 1250. The Morgan fingerprint density at radius 3 is 2.41 bits per heavy atom. The minimum absolute atomic E-state index is 0.521. The van der Waals surface area contributed by atoms with E-state index < -0.39 is 0 Å². The fourth-order valence-electron chi connectivity index (χ4n) is 3.12. The number of methoxy groups -OCH3 is 4.